The average molecular weight is 202 g/mol. The summed E-state index contributed by atoms with van der Waals surface area (Å²) in [5.41, 5.74) is 2.67. The van der Waals surface area contributed by atoms with E-state index in [-0.39, 0.29) is 18.0 Å². The molecule has 14 heavy (non-hydrogen) atoms. The third kappa shape index (κ3) is 5.19. The van der Waals surface area contributed by atoms with E-state index in [1.807, 2.05) is 6.92 Å². The molecule has 0 radical (unpaired) electrons. The van der Waals surface area contributed by atoms with E-state index in [1.165, 1.54) is 0 Å². The molecule has 0 aliphatic rings. The second kappa shape index (κ2) is 7.76. The molecule has 0 bridgehead atoms. The van der Waals surface area contributed by atoms with Crippen LogP contribution in [0.15, 0.2) is 0 Å². The van der Waals surface area contributed by atoms with Crippen molar-refractivity contribution >= 4 is 5.91 Å². The Balaban J connectivity index is 3.81. The van der Waals surface area contributed by atoms with Crippen LogP contribution in [-0.2, 0) is 9.63 Å². The normalized spacial score (nSPS) is 12.9. The largest absolute Gasteiger partial charge is 0.352 e. The highest BCUT2D eigenvalue weighted by Gasteiger charge is 2.14. The summed E-state index contributed by atoms with van der Waals surface area (Å²) in [5, 5.41) is 2.94. The van der Waals surface area contributed by atoms with Gasteiger partial charge in [0.15, 0.2) is 0 Å². The Bertz CT molecular complexity index is 158. The summed E-state index contributed by atoms with van der Waals surface area (Å²) in [6.45, 7) is 8.35. The minimum absolute atomic E-state index is 0.00727. The fraction of sp³-hybridized carbons (Fsp3) is 0.900. The lowest BCUT2D eigenvalue weighted by Crippen LogP contribution is -2.45. The first-order valence-electron chi connectivity index (χ1n) is 5.33. The molecule has 0 aliphatic carbocycles. The van der Waals surface area contributed by atoms with E-state index < -0.39 is 0 Å². The Hall–Kier alpha value is -0.610. The third-order valence-corrected chi connectivity index (χ3v) is 2.13. The van der Waals surface area contributed by atoms with E-state index in [0.717, 1.165) is 12.8 Å². The van der Waals surface area contributed by atoms with Crippen molar-refractivity contribution < 1.29 is 9.63 Å². The third-order valence-electron chi connectivity index (χ3n) is 2.13. The van der Waals surface area contributed by atoms with Crippen LogP contribution < -0.4 is 10.8 Å². The second-order valence-electron chi connectivity index (χ2n) is 3.29. The van der Waals surface area contributed by atoms with Crippen LogP contribution in [0.25, 0.3) is 0 Å². The van der Waals surface area contributed by atoms with Crippen molar-refractivity contribution in [2.75, 3.05) is 6.61 Å². The van der Waals surface area contributed by atoms with Crippen molar-refractivity contribution in [3.63, 3.8) is 0 Å². The molecule has 1 unspecified atom stereocenters. The molecule has 0 saturated heterocycles. The molecule has 0 aromatic rings. The molecule has 0 aliphatic heterocycles. The quantitative estimate of drug-likeness (QED) is 0.610. The zero-order chi connectivity index (χ0) is 11.0. The molecular formula is C10H22N2O2. The van der Waals surface area contributed by atoms with Crippen LogP contribution in [0.5, 0.6) is 0 Å². The Morgan fingerprint density at radius 1 is 1.29 bits per heavy atom. The zero-order valence-electron chi connectivity index (χ0n) is 9.59. The molecule has 0 saturated carbocycles. The van der Waals surface area contributed by atoms with Crippen LogP contribution in [0.4, 0.5) is 0 Å². The number of hydrogen-bond acceptors (Lipinski definition) is 3. The summed E-state index contributed by atoms with van der Waals surface area (Å²) >= 11 is 0. The molecule has 0 spiro atoms. The Morgan fingerprint density at radius 2 is 1.86 bits per heavy atom. The fourth-order valence-electron chi connectivity index (χ4n) is 1.08. The van der Waals surface area contributed by atoms with Gasteiger partial charge in [0, 0.05) is 6.04 Å². The first-order valence-corrected chi connectivity index (χ1v) is 5.33. The number of rotatable bonds is 7. The predicted octanol–water partition coefficient (Wildman–Crippen LogP) is 1.22. The smallest absolute Gasteiger partial charge is 0.239 e. The molecule has 4 heteroatoms. The van der Waals surface area contributed by atoms with E-state index in [4.69, 9.17) is 4.84 Å². The van der Waals surface area contributed by atoms with E-state index >= 15 is 0 Å². The zero-order valence-corrected chi connectivity index (χ0v) is 9.59. The first-order chi connectivity index (χ1) is 6.65. The van der Waals surface area contributed by atoms with Gasteiger partial charge in [-0.2, -0.15) is 5.48 Å². The van der Waals surface area contributed by atoms with Gasteiger partial charge in [-0.25, -0.2) is 0 Å². The number of hydroxylamine groups is 1. The summed E-state index contributed by atoms with van der Waals surface area (Å²) in [6.07, 6.45) is 1.92. The summed E-state index contributed by atoms with van der Waals surface area (Å²) in [4.78, 5) is 16.5. The van der Waals surface area contributed by atoms with Crippen LogP contribution in [0.1, 0.15) is 40.5 Å². The minimum atomic E-state index is -0.296. The highest BCUT2D eigenvalue weighted by atomic mass is 16.6. The lowest BCUT2D eigenvalue weighted by Gasteiger charge is -2.18. The number of carbonyl (C=O) groups excluding carboxylic acids is 1. The molecule has 0 fully saturated rings. The number of nitrogens with one attached hydrogen (secondary N) is 2. The van der Waals surface area contributed by atoms with E-state index in [1.54, 1.807) is 6.92 Å². The highest BCUT2D eigenvalue weighted by molar-refractivity contribution is 5.81. The number of carbonyl (C=O) groups is 1. The molecule has 0 heterocycles. The molecule has 1 amide bonds. The standard InChI is InChI=1S/C10H22N2O2/c1-5-9(6-2)11-10(13)8(4)12-14-7-3/h8-9,12H,5-7H2,1-4H3,(H,11,13). The topological polar surface area (TPSA) is 50.4 Å². The maximum Gasteiger partial charge on any atom is 0.239 e. The van der Waals surface area contributed by atoms with Crippen molar-refractivity contribution in [3.05, 3.63) is 0 Å². The van der Waals surface area contributed by atoms with Gasteiger partial charge in [0.1, 0.15) is 6.04 Å². The van der Waals surface area contributed by atoms with Gasteiger partial charge in [0.2, 0.25) is 5.91 Å². The van der Waals surface area contributed by atoms with Crippen molar-refractivity contribution in [1.82, 2.24) is 10.8 Å². The highest BCUT2D eigenvalue weighted by Crippen LogP contribution is 1.96. The second-order valence-corrected chi connectivity index (χ2v) is 3.29. The van der Waals surface area contributed by atoms with Crippen LogP contribution in [0.2, 0.25) is 0 Å². The van der Waals surface area contributed by atoms with Gasteiger partial charge in [0.25, 0.3) is 0 Å². The van der Waals surface area contributed by atoms with Gasteiger partial charge in [-0.05, 0) is 26.7 Å². The first kappa shape index (κ1) is 13.4. The van der Waals surface area contributed by atoms with Crippen molar-refractivity contribution in [2.24, 2.45) is 0 Å². The van der Waals surface area contributed by atoms with Gasteiger partial charge >= 0.3 is 0 Å². The number of amides is 1. The summed E-state index contributed by atoms with van der Waals surface area (Å²) < 4.78 is 0. The minimum Gasteiger partial charge on any atom is -0.352 e. The lowest BCUT2D eigenvalue weighted by molar-refractivity contribution is -0.127. The summed E-state index contributed by atoms with van der Waals surface area (Å²) in [6, 6.07) is -0.0241. The SMILES string of the molecule is CCONC(C)C(=O)NC(CC)CC. The Morgan fingerprint density at radius 3 is 2.29 bits per heavy atom. The maximum absolute atomic E-state index is 11.5. The molecule has 84 valence electrons. The Kier molecular flexibility index (Phi) is 7.42. The van der Waals surface area contributed by atoms with Gasteiger partial charge < -0.3 is 10.2 Å². The summed E-state index contributed by atoms with van der Waals surface area (Å²) in [5.74, 6) is -0.00727. The molecule has 1 atom stereocenters. The molecule has 0 rings (SSSR count). The van der Waals surface area contributed by atoms with Gasteiger partial charge in [-0.1, -0.05) is 13.8 Å². The summed E-state index contributed by atoms with van der Waals surface area (Å²) in [7, 11) is 0. The predicted molar refractivity (Wildman–Crippen MR) is 56.7 cm³/mol. The van der Waals surface area contributed by atoms with Crippen LogP contribution >= 0.6 is 0 Å². The van der Waals surface area contributed by atoms with E-state index in [9.17, 15) is 4.79 Å². The molecule has 4 nitrogen and oxygen atoms in total. The molecule has 0 aromatic carbocycles. The van der Waals surface area contributed by atoms with E-state index in [0.29, 0.717) is 6.61 Å². The molecule has 0 aromatic heterocycles. The van der Waals surface area contributed by atoms with Crippen molar-refractivity contribution in [3.8, 4) is 0 Å². The van der Waals surface area contributed by atoms with Crippen LogP contribution in [-0.4, -0.2) is 24.6 Å². The number of hydrogen-bond donors (Lipinski definition) is 2. The fourth-order valence-corrected chi connectivity index (χ4v) is 1.08. The van der Waals surface area contributed by atoms with Gasteiger partial charge in [-0.3, -0.25) is 4.79 Å². The van der Waals surface area contributed by atoms with Gasteiger partial charge in [0.05, 0.1) is 6.61 Å². The lowest BCUT2D eigenvalue weighted by atomic mass is 10.1. The Labute approximate surface area is 86.4 Å². The maximum atomic E-state index is 11.5. The van der Waals surface area contributed by atoms with Crippen molar-refractivity contribution in [1.29, 1.82) is 0 Å². The molecule has 2 N–H and O–H groups in total. The van der Waals surface area contributed by atoms with E-state index in [2.05, 4.69) is 24.6 Å². The van der Waals surface area contributed by atoms with Crippen LogP contribution in [0.3, 0.4) is 0 Å². The van der Waals surface area contributed by atoms with Crippen LogP contribution in [0, 0.1) is 0 Å². The molecular weight excluding hydrogens is 180 g/mol. The van der Waals surface area contributed by atoms with Gasteiger partial charge in [-0.15, -0.1) is 0 Å². The van der Waals surface area contributed by atoms with Crippen molar-refractivity contribution in [2.45, 2.75) is 52.6 Å². The average Bonchev–Trinajstić information content (AvgIpc) is 2.21. The monoisotopic (exact) mass is 202 g/mol.